The number of carbonyl (C=O) groups is 3. The van der Waals surface area contributed by atoms with Crippen LogP contribution in [0.1, 0.15) is 293 Å². The Labute approximate surface area is 616 Å². The van der Waals surface area contributed by atoms with E-state index in [1.54, 1.807) is 36.5 Å². The summed E-state index contributed by atoms with van der Waals surface area (Å²) in [6.45, 7) is 69.5. The molecule has 8 nitrogen and oxygen atoms in total. The molecule has 3 rings (SSSR count). The Balaban J connectivity index is 0.00000135. The second-order valence-electron chi connectivity index (χ2n) is 31.5. The number of ketones is 2. The molecular formula is C82H144N2O6S6. The van der Waals surface area contributed by atoms with Crippen LogP contribution in [0.5, 0.6) is 0 Å². The molecular weight excluding hydrogens is 1300 g/mol. The molecule has 0 bridgehead atoms. The molecule has 2 aromatic rings. The van der Waals surface area contributed by atoms with Crippen LogP contribution in [0, 0.1) is 73.0 Å². The largest absolute Gasteiger partial charge is 0.392 e. The van der Waals surface area contributed by atoms with E-state index < -0.39 is 11.0 Å². The van der Waals surface area contributed by atoms with E-state index in [4.69, 9.17) is 4.74 Å². The van der Waals surface area contributed by atoms with Gasteiger partial charge in [-0.2, -0.15) is 23.5 Å². The Morgan fingerprint density at radius 1 is 0.667 bits per heavy atom. The van der Waals surface area contributed by atoms with Gasteiger partial charge < -0.3 is 29.3 Å². The molecule has 96 heavy (non-hydrogen) atoms. The fourth-order valence-electron chi connectivity index (χ4n) is 11.4. The predicted molar refractivity (Wildman–Crippen MR) is 436 cm³/mol. The van der Waals surface area contributed by atoms with Crippen molar-refractivity contribution < 1.29 is 29.3 Å². The molecule has 1 aliphatic rings. The molecule has 554 valence electrons. The monoisotopic (exact) mass is 1440 g/mol. The van der Waals surface area contributed by atoms with Crippen molar-refractivity contribution in [2.45, 2.75) is 344 Å². The summed E-state index contributed by atoms with van der Waals surface area (Å²) in [5.41, 5.74) is 7.93. The zero-order chi connectivity index (χ0) is 74.4. The second-order valence-corrected chi connectivity index (χ2v) is 41.7. The number of aliphatic hydroxyl groups excluding tert-OH is 2. The summed E-state index contributed by atoms with van der Waals surface area (Å²) in [6.07, 6.45) is 24.5. The number of thioether (sulfide) groups is 4. The van der Waals surface area contributed by atoms with Gasteiger partial charge in [0.1, 0.15) is 17.9 Å². The number of Topliss-reactive ketones (excluding diaryl/α,β-unsaturated/α-hetero) is 2. The van der Waals surface area contributed by atoms with Crippen LogP contribution in [0.15, 0.2) is 57.4 Å². The van der Waals surface area contributed by atoms with E-state index in [-0.39, 0.29) is 37.5 Å². The Bertz CT molecular complexity index is 2700. The number of aldehydes is 1. The number of allylic oxidation sites excluding steroid dienone is 8. The molecule has 17 atom stereocenters. The molecule has 2 N–H and O–H groups in total. The first kappa shape index (κ1) is 94.2. The molecule has 0 amide bonds. The molecule has 14 heteroatoms. The standard InChI is InChI=1S/C30H51NOS2.C30H49NOS2.2C11H22O2S/c2*1-20(15-16-21(2)23(4)17-29-19-33-28(9)31-29)13-12-14-22(3)26(7)27(8)34-30(10,11)24(5)18-25(6)32;1-6-7(2)9-8(3)14-11(4,5)10(12)13-9;1-6-8(2)10(13)9(3)14-11(4,5)7-12/h15,17,19,21-22,24,26-27H,12-14,16,18H2,1-11H3;12,14-15,17,19,21-22,24,26-27H,13,16,18H2,1-11H3;7-10,12H,6H2,1-5H3;7-10,13H,6H2,1-5H3/b20-15-,23-17+;14-12-,20-15-,23-17+;;/t2*21-,22-,24-,26-,27+;7-,8+,9-,10?;8-,9+,10-/m0000/s1. The van der Waals surface area contributed by atoms with Crippen molar-refractivity contribution >= 4 is 99.7 Å². The highest BCUT2D eigenvalue weighted by atomic mass is 32.2. The van der Waals surface area contributed by atoms with Crippen LogP contribution in [0.2, 0.25) is 0 Å². The van der Waals surface area contributed by atoms with Gasteiger partial charge in [0, 0.05) is 54.1 Å². The normalized spacial score (nSPS) is 21.2. The molecule has 1 unspecified atom stereocenters. The van der Waals surface area contributed by atoms with E-state index in [9.17, 15) is 24.6 Å². The van der Waals surface area contributed by atoms with Crippen LogP contribution in [0.25, 0.3) is 12.2 Å². The van der Waals surface area contributed by atoms with Crippen LogP contribution >= 0.6 is 69.7 Å². The smallest absolute Gasteiger partial charge is 0.169 e. The van der Waals surface area contributed by atoms with Gasteiger partial charge in [-0.25, -0.2) is 9.97 Å². The van der Waals surface area contributed by atoms with Crippen LogP contribution in [0.4, 0.5) is 0 Å². The average Bonchev–Trinajstić information content (AvgIpc) is 1.26. The van der Waals surface area contributed by atoms with Crippen LogP contribution in [0.3, 0.4) is 0 Å². The summed E-state index contributed by atoms with van der Waals surface area (Å²) in [5, 5.41) is 28.0. The number of aliphatic hydroxyl groups is 2. The van der Waals surface area contributed by atoms with Gasteiger partial charge in [-0.3, -0.25) is 0 Å². The molecule has 0 spiro atoms. The highest BCUT2D eigenvalue weighted by molar-refractivity contribution is 8.02. The highest BCUT2D eigenvalue weighted by Crippen LogP contribution is 2.44. The number of ether oxygens (including phenoxy) is 1. The van der Waals surface area contributed by atoms with Crippen LogP contribution in [-0.4, -0.2) is 96.5 Å². The SMILES string of the molecule is CC(=O)C[C@H](C)C(C)(C)S[C@H](C)[C@@H](C)[C@@H](C)/C=C\C/C(C)=C\C[C@H](C)/C(C)=C/c1csc(C)n1.CC(=O)C[C@H](C)C(C)(C)S[C@H](C)[C@@H](C)[C@@H](C)CCC/C(C)=C\C[C@H](C)/C(C)=C/c1csc(C)n1.CC[C@H](C)[C@@H]1OC(O)C(C)(C)S[C@@H]1C.CC[C@H](C)[C@H](O)[C@@H](C)SC(C)(C)C=O. The van der Waals surface area contributed by atoms with Gasteiger partial charge in [0.15, 0.2) is 6.29 Å². The molecule has 1 saturated heterocycles. The zero-order valence-corrected chi connectivity index (χ0v) is 71.9. The number of hydrogen-bond donors (Lipinski definition) is 2. The summed E-state index contributed by atoms with van der Waals surface area (Å²) in [7, 11) is 0. The number of nitrogens with zero attached hydrogens (tertiary/aromatic N) is 2. The third-order valence-electron chi connectivity index (χ3n) is 20.6. The van der Waals surface area contributed by atoms with E-state index in [1.807, 2.05) is 65.1 Å². The van der Waals surface area contributed by atoms with Crippen molar-refractivity contribution in [2.24, 2.45) is 59.2 Å². The first-order valence-corrected chi connectivity index (χ1v) is 41.8. The summed E-state index contributed by atoms with van der Waals surface area (Å²) >= 11 is 10.9. The van der Waals surface area contributed by atoms with Crippen LogP contribution < -0.4 is 0 Å². The lowest BCUT2D eigenvalue weighted by molar-refractivity contribution is -0.169. The van der Waals surface area contributed by atoms with E-state index in [0.29, 0.717) is 93.6 Å². The maximum atomic E-state index is 11.6. The van der Waals surface area contributed by atoms with Crippen LogP contribution in [-0.2, 0) is 19.1 Å². The van der Waals surface area contributed by atoms with Crippen molar-refractivity contribution in [3.8, 4) is 0 Å². The Hall–Kier alpha value is -1.75. The van der Waals surface area contributed by atoms with Gasteiger partial charge >= 0.3 is 0 Å². The quantitative estimate of drug-likeness (QED) is 0.0494. The van der Waals surface area contributed by atoms with Gasteiger partial charge in [-0.1, -0.05) is 204 Å². The first-order chi connectivity index (χ1) is 44.2. The summed E-state index contributed by atoms with van der Waals surface area (Å²) in [6, 6.07) is 0. The van der Waals surface area contributed by atoms with E-state index in [1.165, 1.54) is 53.3 Å². The van der Waals surface area contributed by atoms with Gasteiger partial charge in [-0.15, -0.1) is 46.2 Å². The number of hydrogen-bond acceptors (Lipinski definition) is 14. The third kappa shape index (κ3) is 37.4. The van der Waals surface area contributed by atoms with Gasteiger partial charge in [0.25, 0.3) is 0 Å². The van der Waals surface area contributed by atoms with Gasteiger partial charge in [0.05, 0.1) is 43.1 Å². The molecule has 3 heterocycles. The van der Waals surface area contributed by atoms with Crippen molar-refractivity contribution in [2.75, 3.05) is 0 Å². The summed E-state index contributed by atoms with van der Waals surface area (Å²) < 4.78 is 5.35. The fourth-order valence-corrected chi connectivity index (χ4v) is 19.0. The predicted octanol–water partition coefficient (Wildman–Crippen LogP) is 24.5. The van der Waals surface area contributed by atoms with E-state index in [2.05, 4.69) is 235 Å². The highest BCUT2D eigenvalue weighted by Gasteiger charge is 2.43. The lowest BCUT2D eigenvalue weighted by Crippen LogP contribution is -2.49. The van der Waals surface area contributed by atoms with E-state index in [0.717, 1.165) is 59.8 Å². The summed E-state index contributed by atoms with van der Waals surface area (Å²) in [4.78, 5) is 43.0. The number of aryl methyl sites for hydroxylation is 2. The van der Waals surface area contributed by atoms with Crippen molar-refractivity contribution in [1.82, 2.24) is 9.97 Å². The number of thiazole rings is 2. The zero-order valence-electron chi connectivity index (χ0n) is 67.0. The minimum atomic E-state index is -0.636. The number of rotatable bonds is 37. The molecule has 1 fully saturated rings. The molecule has 0 aliphatic carbocycles. The lowest BCUT2D eigenvalue weighted by Gasteiger charge is -2.44. The third-order valence-corrected chi connectivity index (χ3v) is 28.6. The maximum absolute atomic E-state index is 11.6. The minimum absolute atomic E-state index is 0.101. The number of aromatic nitrogens is 2. The average molecular weight is 1450 g/mol. The van der Waals surface area contributed by atoms with E-state index >= 15 is 0 Å². The van der Waals surface area contributed by atoms with Crippen molar-refractivity contribution in [3.63, 3.8) is 0 Å². The molecule has 0 radical (unpaired) electrons. The molecule has 2 aromatic heterocycles. The van der Waals surface area contributed by atoms with Gasteiger partial charge in [0.2, 0.25) is 0 Å². The molecule has 0 aromatic carbocycles. The lowest BCUT2D eigenvalue weighted by atomic mass is 9.88. The van der Waals surface area contributed by atoms with Crippen molar-refractivity contribution in [1.29, 1.82) is 0 Å². The summed E-state index contributed by atoms with van der Waals surface area (Å²) in [5.74, 6) is 5.73. The van der Waals surface area contributed by atoms with Crippen molar-refractivity contribution in [3.05, 3.63) is 78.8 Å². The minimum Gasteiger partial charge on any atom is -0.392 e. The number of carbonyl (C=O) groups excluding carboxylic acids is 3. The fraction of sp³-hybridized carbons (Fsp3) is 0.768. The Kier molecular flexibility index (Phi) is 45.2. The topological polar surface area (TPSA) is 127 Å². The maximum Gasteiger partial charge on any atom is 0.169 e. The first-order valence-electron chi connectivity index (χ1n) is 36.5. The molecule has 0 saturated carbocycles. The molecule has 1 aliphatic heterocycles. The second kappa shape index (κ2) is 46.1. The van der Waals surface area contributed by atoms with Gasteiger partial charge in [-0.05, 0) is 187 Å². The Morgan fingerprint density at radius 2 is 1.11 bits per heavy atom. The Morgan fingerprint density at radius 3 is 1.52 bits per heavy atom.